The van der Waals surface area contributed by atoms with Crippen LogP contribution in [0, 0.1) is 0 Å². The molecule has 1 N–H and O–H groups in total. The fourth-order valence-corrected chi connectivity index (χ4v) is 4.53. The second kappa shape index (κ2) is 13.1. The summed E-state index contributed by atoms with van der Waals surface area (Å²) in [7, 11) is -2.79. The van der Waals surface area contributed by atoms with E-state index in [1.807, 2.05) is 6.92 Å². The highest BCUT2D eigenvalue weighted by Gasteiger charge is 2.27. The van der Waals surface area contributed by atoms with Gasteiger partial charge in [0.15, 0.2) is 6.61 Å². The number of benzene rings is 3. The lowest BCUT2D eigenvalue weighted by molar-refractivity contribution is -0.142. The molecule has 3 aromatic carbocycles. The molecule has 0 aromatic heterocycles. The van der Waals surface area contributed by atoms with Gasteiger partial charge in [0.2, 0.25) is 0 Å². The Morgan fingerprint density at radius 1 is 0.919 bits per heavy atom. The number of carbonyl (C=O) groups is 2. The zero-order chi connectivity index (χ0) is 26.7. The van der Waals surface area contributed by atoms with Crippen molar-refractivity contribution in [3.05, 3.63) is 84.4 Å². The molecule has 3 rings (SSSR count). The van der Waals surface area contributed by atoms with Crippen molar-refractivity contribution in [3.63, 3.8) is 0 Å². The summed E-state index contributed by atoms with van der Waals surface area (Å²) in [4.78, 5) is 23.8. The number of ether oxygens (including phenoxy) is 3. The van der Waals surface area contributed by atoms with E-state index in [-0.39, 0.29) is 11.5 Å². The van der Waals surface area contributed by atoms with Crippen LogP contribution in [0.2, 0.25) is 0 Å². The van der Waals surface area contributed by atoms with E-state index in [0.29, 0.717) is 29.4 Å². The van der Waals surface area contributed by atoms with Crippen molar-refractivity contribution >= 4 is 33.8 Å². The van der Waals surface area contributed by atoms with Crippen LogP contribution in [0.5, 0.6) is 11.5 Å². The molecule has 0 aliphatic carbocycles. The minimum Gasteiger partial charge on any atom is -0.494 e. The van der Waals surface area contributed by atoms with E-state index in [0.717, 1.165) is 4.31 Å². The highest BCUT2D eigenvalue weighted by molar-refractivity contribution is 7.92. The topological polar surface area (TPSA) is 124 Å². The molecule has 10 nitrogen and oxygen atoms in total. The van der Waals surface area contributed by atoms with Crippen LogP contribution in [-0.4, -0.2) is 53.4 Å². The molecular formula is C26H27N3O7S. The lowest BCUT2D eigenvalue weighted by atomic mass is 10.2. The zero-order valence-electron chi connectivity index (χ0n) is 20.4. The molecule has 0 heterocycles. The first-order valence-electron chi connectivity index (χ1n) is 11.3. The smallest absolute Gasteiger partial charge is 0.343 e. The SMILES string of the molecule is CCOc1ccc(S(=O)(=O)N(CC(=O)N/N=C\c2ccc(OCC(=O)OC)cc2)c2ccccc2)cc1. The van der Waals surface area contributed by atoms with Gasteiger partial charge in [0, 0.05) is 0 Å². The van der Waals surface area contributed by atoms with Crippen molar-refractivity contribution < 1.29 is 32.2 Å². The highest BCUT2D eigenvalue weighted by atomic mass is 32.2. The van der Waals surface area contributed by atoms with Crippen molar-refractivity contribution in [3.8, 4) is 11.5 Å². The first-order chi connectivity index (χ1) is 17.8. The van der Waals surface area contributed by atoms with E-state index < -0.39 is 28.4 Å². The summed E-state index contributed by atoms with van der Waals surface area (Å²) in [5, 5.41) is 3.91. The number of esters is 1. The summed E-state index contributed by atoms with van der Waals surface area (Å²) in [6.07, 6.45) is 1.40. The number of carbonyl (C=O) groups excluding carboxylic acids is 2. The molecular weight excluding hydrogens is 498 g/mol. The number of para-hydroxylation sites is 1. The molecule has 0 aliphatic heterocycles. The van der Waals surface area contributed by atoms with Crippen molar-refractivity contribution in [1.29, 1.82) is 0 Å². The molecule has 1 amide bonds. The van der Waals surface area contributed by atoms with Crippen LogP contribution >= 0.6 is 0 Å². The number of hydrogen-bond acceptors (Lipinski definition) is 8. The fourth-order valence-electron chi connectivity index (χ4n) is 3.11. The van der Waals surface area contributed by atoms with Crippen LogP contribution in [0.3, 0.4) is 0 Å². The van der Waals surface area contributed by atoms with Crippen LogP contribution in [-0.2, 0) is 24.3 Å². The standard InChI is InChI=1S/C26H27N3O7S/c1-3-35-22-13-15-24(16-14-22)37(32,33)29(21-7-5-4-6-8-21)18-25(30)28-27-17-20-9-11-23(12-10-20)36-19-26(31)34-2/h4-17H,3,18-19H2,1-2H3,(H,28,30)/b27-17-. The number of rotatable bonds is 12. The highest BCUT2D eigenvalue weighted by Crippen LogP contribution is 2.25. The van der Waals surface area contributed by atoms with E-state index in [1.54, 1.807) is 66.7 Å². The summed E-state index contributed by atoms with van der Waals surface area (Å²) in [5.41, 5.74) is 3.33. The van der Waals surface area contributed by atoms with Crippen LogP contribution in [0.15, 0.2) is 88.9 Å². The molecule has 3 aromatic rings. The number of methoxy groups -OCH3 is 1. The van der Waals surface area contributed by atoms with Crippen LogP contribution in [0.4, 0.5) is 5.69 Å². The van der Waals surface area contributed by atoms with Gasteiger partial charge in [-0.1, -0.05) is 18.2 Å². The van der Waals surface area contributed by atoms with Crippen LogP contribution in [0.1, 0.15) is 12.5 Å². The molecule has 0 spiro atoms. The van der Waals surface area contributed by atoms with E-state index in [4.69, 9.17) is 9.47 Å². The third-order valence-corrected chi connectivity index (χ3v) is 6.71. The number of sulfonamides is 1. The largest absolute Gasteiger partial charge is 0.494 e. The summed E-state index contributed by atoms with van der Waals surface area (Å²) in [6.45, 7) is 1.59. The third kappa shape index (κ3) is 7.80. The van der Waals surface area contributed by atoms with E-state index >= 15 is 0 Å². The minimum atomic E-state index is -4.06. The van der Waals surface area contributed by atoms with Gasteiger partial charge in [-0.3, -0.25) is 9.10 Å². The molecule has 37 heavy (non-hydrogen) atoms. The average Bonchev–Trinajstić information content (AvgIpc) is 2.92. The van der Waals surface area contributed by atoms with Crippen molar-refractivity contribution in [2.24, 2.45) is 5.10 Å². The number of nitrogens with zero attached hydrogens (tertiary/aromatic N) is 2. The van der Waals surface area contributed by atoms with Gasteiger partial charge < -0.3 is 14.2 Å². The molecule has 0 fully saturated rings. The Hall–Kier alpha value is -4.38. The Morgan fingerprint density at radius 3 is 2.16 bits per heavy atom. The fraction of sp³-hybridized carbons (Fsp3) is 0.192. The monoisotopic (exact) mass is 525 g/mol. The molecule has 0 aliphatic rings. The molecule has 11 heteroatoms. The predicted octanol–water partition coefficient (Wildman–Crippen LogP) is 2.98. The second-order valence-corrected chi connectivity index (χ2v) is 9.34. The van der Waals surface area contributed by atoms with Gasteiger partial charge in [0.1, 0.15) is 18.0 Å². The summed E-state index contributed by atoms with van der Waals surface area (Å²) < 4.78 is 43.0. The van der Waals surface area contributed by atoms with Gasteiger partial charge in [-0.2, -0.15) is 5.10 Å². The third-order valence-electron chi connectivity index (χ3n) is 4.92. The van der Waals surface area contributed by atoms with Gasteiger partial charge in [0.05, 0.1) is 30.5 Å². The molecule has 0 saturated carbocycles. The lowest BCUT2D eigenvalue weighted by Crippen LogP contribution is -2.39. The second-order valence-electron chi connectivity index (χ2n) is 7.48. The maximum atomic E-state index is 13.4. The minimum absolute atomic E-state index is 0.0191. The van der Waals surface area contributed by atoms with Gasteiger partial charge in [0.25, 0.3) is 15.9 Å². The molecule has 0 unspecified atom stereocenters. The number of hydrogen-bond donors (Lipinski definition) is 1. The number of amides is 1. The Labute approximate surface area is 215 Å². The summed E-state index contributed by atoms with van der Waals surface area (Å²) in [5.74, 6) is -0.123. The Morgan fingerprint density at radius 2 is 1.54 bits per heavy atom. The number of hydrazone groups is 1. The summed E-state index contributed by atoms with van der Waals surface area (Å²) >= 11 is 0. The maximum Gasteiger partial charge on any atom is 0.343 e. The van der Waals surface area contributed by atoms with Crippen molar-refractivity contribution in [2.45, 2.75) is 11.8 Å². The van der Waals surface area contributed by atoms with Crippen LogP contribution < -0.4 is 19.2 Å². The average molecular weight is 526 g/mol. The molecule has 0 saturated heterocycles. The Balaban J connectivity index is 1.69. The van der Waals surface area contributed by atoms with Gasteiger partial charge in [-0.15, -0.1) is 0 Å². The number of anilines is 1. The van der Waals surface area contributed by atoms with E-state index in [1.165, 1.54) is 25.5 Å². The van der Waals surface area contributed by atoms with Crippen molar-refractivity contribution in [1.82, 2.24) is 5.43 Å². The van der Waals surface area contributed by atoms with E-state index in [2.05, 4.69) is 15.3 Å². The first-order valence-corrected chi connectivity index (χ1v) is 12.7. The van der Waals surface area contributed by atoms with Gasteiger partial charge >= 0.3 is 5.97 Å². The van der Waals surface area contributed by atoms with Crippen LogP contribution in [0.25, 0.3) is 0 Å². The quantitative estimate of drug-likeness (QED) is 0.219. The van der Waals surface area contributed by atoms with Gasteiger partial charge in [-0.05, 0) is 73.2 Å². The predicted molar refractivity (Wildman–Crippen MR) is 138 cm³/mol. The Kier molecular flexibility index (Phi) is 9.61. The van der Waals surface area contributed by atoms with E-state index in [9.17, 15) is 18.0 Å². The normalized spacial score (nSPS) is 11.1. The zero-order valence-corrected chi connectivity index (χ0v) is 21.2. The molecule has 0 atom stereocenters. The lowest BCUT2D eigenvalue weighted by Gasteiger charge is -2.23. The molecule has 194 valence electrons. The Bertz CT molecular complexity index is 1310. The number of nitrogens with one attached hydrogen (secondary N) is 1. The maximum absolute atomic E-state index is 13.4. The first kappa shape index (κ1) is 27.2. The summed E-state index contributed by atoms with van der Waals surface area (Å²) in [6, 6.07) is 20.9. The van der Waals surface area contributed by atoms with Gasteiger partial charge in [-0.25, -0.2) is 18.6 Å². The van der Waals surface area contributed by atoms with Crippen molar-refractivity contribution in [2.75, 3.05) is 31.2 Å². The molecule has 0 radical (unpaired) electrons. The molecule has 0 bridgehead atoms.